The summed E-state index contributed by atoms with van der Waals surface area (Å²) in [4.78, 5) is 0. The van der Waals surface area contributed by atoms with Crippen molar-refractivity contribution in [3.8, 4) is 11.6 Å². The zero-order chi connectivity index (χ0) is 10.6. The van der Waals surface area contributed by atoms with Crippen molar-refractivity contribution in [2.24, 2.45) is 0 Å². The summed E-state index contributed by atoms with van der Waals surface area (Å²) in [6.07, 6.45) is 0. The lowest BCUT2D eigenvalue weighted by atomic mass is 10.2. The van der Waals surface area contributed by atoms with Crippen molar-refractivity contribution in [3.63, 3.8) is 0 Å². The first-order valence-electron chi connectivity index (χ1n) is 4.83. The van der Waals surface area contributed by atoms with Crippen molar-refractivity contribution in [2.75, 3.05) is 5.32 Å². The Morgan fingerprint density at radius 2 is 1.79 bits per heavy atom. The van der Waals surface area contributed by atoms with Crippen LogP contribution in [0.2, 0.25) is 19.6 Å². The van der Waals surface area contributed by atoms with Crippen LogP contribution in [-0.4, -0.2) is 8.07 Å². The molecule has 0 fully saturated rings. The third-order valence-corrected chi connectivity index (χ3v) is 2.65. The topological polar surface area (TPSA) is 12.0 Å². The molecule has 0 bridgehead atoms. The summed E-state index contributed by atoms with van der Waals surface area (Å²) in [7, 11) is -1.25. The molecule has 0 radical (unpaired) electrons. The van der Waals surface area contributed by atoms with E-state index in [1.165, 1.54) is 5.56 Å². The molecule has 0 saturated carbocycles. The lowest BCUT2D eigenvalue weighted by Crippen LogP contribution is -2.16. The second kappa shape index (κ2) is 4.34. The van der Waals surface area contributed by atoms with Gasteiger partial charge in [-0.25, -0.2) is 0 Å². The van der Waals surface area contributed by atoms with Crippen LogP contribution in [0, 0.1) is 18.5 Å². The van der Waals surface area contributed by atoms with Gasteiger partial charge in [-0.1, -0.05) is 37.8 Å². The fraction of sp³-hybridized carbons (Fsp3) is 0.333. The molecule has 0 amide bonds. The van der Waals surface area contributed by atoms with Gasteiger partial charge in [0.1, 0.15) is 8.07 Å². The first kappa shape index (κ1) is 10.9. The number of benzene rings is 1. The minimum absolute atomic E-state index is 1.11. The van der Waals surface area contributed by atoms with Gasteiger partial charge in [0.2, 0.25) is 0 Å². The van der Waals surface area contributed by atoms with E-state index in [2.05, 4.69) is 49.5 Å². The molecule has 1 aromatic carbocycles. The predicted octanol–water partition coefficient (Wildman–Crippen LogP) is 3.25. The Morgan fingerprint density at radius 1 is 1.14 bits per heavy atom. The van der Waals surface area contributed by atoms with Crippen molar-refractivity contribution in [2.45, 2.75) is 26.6 Å². The fourth-order valence-electron chi connectivity index (χ4n) is 0.999. The molecular formula is C12H17NSi. The maximum atomic E-state index is 3.28. The third-order valence-electron chi connectivity index (χ3n) is 1.78. The molecule has 0 aliphatic rings. The maximum absolute atomic E-state index is 3.28. The summed E-state index contributed by atoms with van der Waals surface area (Å²) in [6, 6.07) is 11.2. The molecule has 0 unspecified atom stereocenters. The molecule has 74 valence electrons. The summed E-state index contributed by atoms with van der Waals surface area (Å²) >= 11 is 0. The Hall–Kier alpha value is -1.20. The van der Waals surface area contributed by atoms with Crippen LogP contribution in [-0.2, 0) is 0 Å². The molecule has 0 aliphatic carbocycles. The van der Waals surface area contributed by atoms with Crippen molar-refractivity contribution in [1.29, 1.82) is 0 Å². The average Bonchev–Trinajstić information content (AvgIpc) is 2.06. The van der Waals surface area contributed by atoms with E-state index in [9.17, 15) is 0 Å². The van der Waals surface area contributed by atoms with Crippen LogP contribution in [0.4, 0.5) is 5.69 Å². The van der Waals surface area contributed by atoms with Gasteiger partial charge in [0.15, 0.2) is 0 Å². The molecule has 0 atom stereocenters. The van der Waals surface area contributed by atoms with Crippen LogP contribution in [0.3, 0.4) is 0 Å². The third kappa shape index (κ3) is 3.67. The minimum atomic E-state index is -1.25. The van der Waals surface area contributed by atoms with Crippen LogP contribution >= 0.6 is 0 Å². The molecule has 0 spiro atoms. The van der Waals surface area contributed by atoms with Crippen molar-refractivity contribution >= 4 is 13.8 Å². The Labute approximate surface area is 87.6 Å². The Balaban J connectivity index is 2.70. The Bertz CT molecular complexity index is 366. The number of aryl methyl sites for hydroxylation is 1. The minimum Gasteiger partial charge on any atom is -0.315 e. The Morgan fingerprint density at radius 3 is 2.36 bits per heavy atom. The van der Waals surface area contributed by atoms with Crippen LogP contribution in [0.5, 0.6) is 0 Å². The number of anilines is 1. The molecule has 1 N–H and O–H groups in total. The van der Waals surface area contributed by atoms with Gasteiger partial charge in [-0.2, -0.15) is 0 Å². The van der Waals surface area contributed by atoms with E-state index in [4.69, 9.17) is 0 Å². The number of para-hydroxylation sites is 1. The molecule has 1 nitrogen and oxygen atoms in total. The molecule has 0 aliphatic heterocycles. The highest BCUT2D eigenvalue weighted by Crippen LogP contribution is 2.11. The summed E-state index contributed by atoms with van der Waals surface area (Å²) in [5, 5.41) is 3.14. The molecule has 1 aromatic rings. The number of nitrogens with one attached hydrogen (secondary N) is 1. The van der Waals surface area contributed by atoms with Gasteiger partial charge < -0.3 is 5.32 Å². The molecule has 1 rings (SSSR count). The molecule has 0 heterocycles. The number of rotatable bonds is 1. The van der Waals surface area contributed by atoms with E-state index in [1.807, 2.05) is 18.2 Å². The largest absolute Gasteiger partial charge is 0.315 e. The van der Waals surface area contributed by atoms with Gasteiger partial charge in [-0.15, -0.1) is 5.54 Å². The fourth-order valence-corrected chi connectivity index (χ4v) is 1.44. The van der Waals surface area contributed by atoms with Crippen molar-refractivity contribution in [3.05, 3.63) is 29.8 Å². The zero-order valence-corrected chi connectivity index (χ0v) is 10.3. The van der Waals surface area contributed by atoms with E-state index in [0.717, 1.165) is 5.69 Å². The SMILES string of the molecule is Cc1ccccc1NC#C[Si](C)(C)C. The zero-order valence-electron chi connectivity index (χ0n) is 9.31. The van der Waals surface area contributed by atoms with Crippen LogP contribution in [0.25, 0.3) is 0 Å². The lowest BCUT2D eigenvalue weighted by Gasteiger charge is -2.05. The monoisotopic (exact) mass is 203 g/mol. The normalized spacial score (nSPS) is 10.3. The first-order chi connectivity index (χ1) is 6.49. The molecule has 2 heteroatoms. The van der Waals surface area contributed by atoms with E-state index in [1.54, 1.807) is 0 Å². The average molecular weight is 203 g/mol. The van der Waals surface area contributed by atoms with Gasteiger partial charge in [-0.05, 0) is 18.6 Å². The quantitative estimate of drug-likeness (QED) is 0.420. The predicted molar refractivity (Wildman–Crippen MR) is 65.9 cm³/mol. The van der Waals surface area contributed by atoms with E-state index < -0.39 is 8.07 Å². The van der Waals surface area contributed by atoms with Gasteiger partial charge in [0, 0.05) is 11.7 Å². The lowest BCUT2D eigenvalue weighted by molar-refractivity contribution is 1.45. The molecular weight excluding hydrogens is 186 g/mol. The second-order valence-corrected chi connectivity index (χ2v) is 9.19. The molecule has 0 saturated heterocycles. The van der Waals surface area contributed by atoms with Gasteiger partial charge in [0.05, 0.1) is 0 Å². The number of hydrogen-bond donors (Lipinski definition) is 1. The van der Waals surface area contributed by atoms with Crippen LogP contribution < -0.4 is 5.32 Å². The van der Waals surface area contributed by atoms with Gasteiger partial charge in [0.25, 0.3) is 0 Å². The highest BCUT2D eigenvalue weighted by molar-refractivity contribution is 6.83. The maximum Gasteiger partial charge on any atom is 0.131 e. The van der Waals surface area contributed by atoms with Gasteiger partial charge >= 0.3 is 0 Å². The summed E-state index contributed by atoms with van der Waals surface area (Å²) in [6.45, 7) is 8.79. The van der Waals surface area contributed by atoms with Gasteiger partial charge in [-0.3, -0.25) is 0 Å². The van der Waals surface area contributed by atoms with Crippen LogP contribution in [0.15, 0.2) is 24.3 Å². The highest BCUT2D eigenvalue weighted by Gasteiger charge is 2.07. The number of hydrogen-bond acceptors (Lipinski definition) is 1. The van der Waals surface area contributed by atoms with E-state index in [0.29, 0.717) is 0 Å². The Kier molecular flexibility index (Phi) is 3.37. The van der Waals surface area contributed by atoms with Crippen molar-refractivity contribution < 1.29 is 0 Å². The van der Waals surface area contributed by atoms with Crippen LogP contribution in [0.1, 0.15) is 5.56 Å². The molecule has 0 aromatic heterocycles. The standard InChI is InChI=1S/C12H17NSi/c1-11-7-5-6-8-12(11)13-9-10-14(2,3)4/h5-8,13H,1-4H3. The smallest absolute Gasteiger partial charge is 0.131 e. The second-order valence-electron chi connectivity index (χ2n) is 4.44. The summed E-state index contributed by atoms with van der Waals surface area (Å²) in [5.41, 5.74) is 5.62. The first-order valence-corrected chi connectivity index (χ1v) is 8.33. The summed E-state index contributed by atoms with van der Waals surface area (Å²) in [5.74, 6) is 0. The highest BCUT2D eigenvalue weighted by atomic mass is 28.3. The molecule has 14 heavy (non-hydrogen) atoms. The van der Waals surface area contributed by atoms with E-state index in [-0.39, 0.29) is 0 Å². The van der Waals surface area contributed by atoms with E-state index >= 15 is 0 Å². The summed E-state index contributed by atoms with van der Waals surface area (Å²) < 4.78 is 0. The van der Waals surface area contributed by atoms with Crippen molar-refractivity contribution in [1.82, 2.24) is 0 Å².